The van der Waals surface area contributed by atoms with Gasteiger partial charge in [0.2, 0.25) is 0 Å². The number of aromatic nitrogens is 2. The smallest absolute Gasteiger partial charge is 0.148 e. The van der Waals surface area contributed by atoms with Crippen molar-refractivity contribution in [2.24, 2.45) is 0 Å². The lowest BCUT2D eigenvalue weighted by atomic mass is 10.3. The van der Waals surface area contributed by atoms with Gasteiger partial charge in [0.25, 0.3) is 0 Å². The van der Waals surface area contributed by atoms with Crippen LogP contribution in [0, 0.1) is 6.92 Å². The minimum atomic E-state index is 0.240. The van der Waals surface area contributed by atoms with Crippen LogP contribution in [0.5, 0.6) is 0 Å². The molecule has 90 valence electrons. The Morgan fingerprint density at radius 3 is 2.53 bits per heavy atom. The van der Waals surface area contributed by atoms with E-state index in [2.05, 4.69) is 15.3 Å². The second-order valence-electron chi connectivity index (χ2n) is 4.00. The van der Waals surface area contributed by atoms with Gasteiger partial charge in [0.05, 0.1) is 16.7 Å². The highest BCUT2D eigenvalue weighted by Gasteiger charge is 2.03. The number of aliphatic hydroxyl groups is 1. The molecule has 0 saturated carbocycles. The van der Waals surface area contributed by atoms with Crippen LogP contribution in [-0.4, -0.2) is 28.2 Å². The summed E-state index contributed by atoms with van der Waals surface area (Å²) >= 11 is 0. The first-order valence-electron chi connectivity index (χ1n) is 5.89. The van der Waals surface area contributed by atoms with E-state index in [1.54, 1.807) is 0 Å². The molecule has 0 unspecified atom stereocenters. The fraction of sp³-hybridized carbons (Fsp3) is 0.385. The number of nitrogens with one attached hydrogen (secondary N) is 1. The highest BCUT2D eigenvalue weighted by molar-refractivity contribution is 5.76. The van der Waals surface area contributed by atoms with Crippen LogP contribution in [0.1, 0.15) is 18.5 Å². The topological polar surface area (TPSA) is 58.0 Å². The highest BCUT2D eigenvalue weighted by atomic mass is 16.2. The Balaban J connectivity index is 2.14. The lowest BCUT2D eigenvalue weighted by molar-refractivity contribution is 0.286. The molecule has 4 heteroatoms. The van der Waals surface area contributed by atoms with Gasteiger partial charge in [-0.05, 0) is 31.9 Å². The van der Waals surface area contributed by atoms with Gasteiger partial charge < -0.3 is 10.4 Å². The Hall–Kier alpha value is -1.68. The predicted molar refractivity (Wildman–Crippen MR) is 69.1 cm³/mol. The number of hydrogen-bond donors (Lipinski definition) is 2. The molecule has 0 atom stereocenters. The van der Waals surface area contributed by atoms with Crippen LogP contribution in [0.4, 0.5) is 5.82 Å². The van der Waals surface area contributed by atoms with E-state index in [9.17, 15) is 0 Å². The minimum Gasteiger partial charge on any atom is -0.396 e. The van der Waals surface area contributed by atoms with Crippen molar-refractivity contribution in [1.29, 1.82) is 0 Å². The molecule has 1 aromatic heterocycles. The number of benzene rings is 1. The summed E-state index contributed by atoms with van der Waals surface area (Å²) in [5.74, 6) is 0.835. The number of aliphatic hydroxyl groups excluding tert-OH is 1. The molecule has 2 aromatic rings. The molecule has 1 aromatic carbocycles. The van der Waals surface area contributed by atoms with E-state index in [4.69, 9.17) is 5.11 Å². The van der Waals surface area contributed by atoms with Gasteiger partial charge in [-0.2, -0.15) is 0 Å². The molecule has 0 aliphatic rings. The third-order valence-electron chi connectivity index (χ3n) is 2.62. The predicted octanol–water partition coefficient (Wildman–Crippen LogP) is 2.12. The molecule has 0 aliphatic carbocycles. The van der Waals surface area contributed by atoms with Crippen LogP contribution >= 0.6 is 0 Å². The first kappa shape index (κ1) is 11.8. The van der Waals surface area contributed by atoms with Crippen molar-refractivity contribution >= 4 is 16.9 Å². The third-order valence-corrected chi connectivity index (χ3v) is 2.62. The van der Waals surface area contributed by atoms with Gasteiger partial charge in [-0.1, -0.05) is 12.1 Å². The largest absolute Gasteiger partial charge is 0.396 e. The molecule has 1 heterocycles. The Morgan fingerprint density at radius 1 is 1.12 bits per heavy atom. The first-order valence-corrected chi connectivity index (χ1v) is 5.89. The monoisotopic (exact) mass is 231 g/mol. The Labute approximate surface area is 101 Å². The standard InChI is InChI=1S/C13H17N3O/c1-10-13(14-8-4-5-9-17)16-12-7-3-2-6-11(12)15-10/h2-3,6-7,17H,4-5,8-9H2,1H3,(H,14,16). The van der Waals surface area contributed by atoms with E-state index in [0.717, 1.165) is 41.9 Å². The number of aryl methyl sites for hydroxylation is 1. The van der Waals surface area contributed by atoms with Crippen LogP contribution < -0.4 is 5.32 Å². The number of unbranched alkanes of at least 4 members (excludes halogenated alkanes) is 1. The summed E-state index contributed by atoms with van der Waals surface area (Å²) in [4.78, 5) is 9.04. The van der Waals surface area contributed by atoms with Gasteiger partial charge in [-0.15, -0.1) is 0 Å². The average Bonchev–Trinajstić information content (AvgIpc) is 2.35. The third kappa shape index (κ3) is 2.91. The fourth-order valence-corrected chi connectivity index (χ4v) is 1.70. The van der Waals surface area contributed by atoms with Gasteiger partial charge in [-0.25, -0.2) is 9.97 Å². The van der Waals surface area contributed by atoms with E-state index in [0.29, 0.717) is 0 Å². The SMILES string of the molecule is Cc1nc2ccccc2nc1NCCCCO. The van der Waals surface area contributed by atoms with Crippen LogP contribution in [0.15, 0.2) is 24.3 Å². The number of fused-ring (bicyclic) bond motifs is 1. The highest BCUT2D eigenvalue weighted by Crippen LogP contribution is 2.15. The zero-order valence-corrected chi connectivity index (χ0v) is 9.98. The summed E-state index contributed by atoms with van der Waals surface area (Å²) in [6.45, 7) is 3.01. The molecule has 2 N–H and O–H groups in total. The van der Waals surface area contributed by atoms with E-state index >= 15 is 0 Å². The van der Waals surface area contributed by atoms with E-state index in [1.165, 1.54) is 0 Å². The number of para-hydroxylation sites is 2. The van der Waals surface area contributed by atoms with Gasteiger partial charge in [0, 0.05) is 13.2 Å². The van der Waals surface area contributed by atoms with Crippen molar-refractivity contribution in [1.82, 2.24) is 9.97 Å². The van der Waals surface area contributed by atoms with Crippen molar-refractivity contribution in [2.75, 3.05) is 18.5 Å². The quantitative estimate of drug-likeness (QED) is 0.774. The molecule has 0 saturated heterocycles. The summed E-state index contributed by atoms with van der Waals surface area (Å²) in [6, 6.07) is 7.85. The minimum absolute atomic E-state index is 0.240. The molecule has 0 bridgehead atoms. The molecule has 0 fully saturated rings. The molecule has 0 amide bonds. The molecule has 4 nitrogen and oxygen atoms in total. The van der Waals surface area contributed by atoms with Crippen molar-refractivity contribution in [3.05, 3.63) is 30.0 Å². The van der Waals surface area contributed by atoms with Gasteiger partial charge >= 0.3 is 0 Å². The molecule has 0 spiro atoms. The van der Waals surface area contributed by atoms with Crippen LogP contribution in [0.3, 0.4) is 0 Å². The van der Waals surface area contributed by atoms with Gasteiger partial charge in [0.1, 0.15) is 5.82 Å². The van der Waals surface area contributed by atoms with Crippen molar-refractivity contribution in [3.63, 3.8) is 0 Å². The number of rotatable bonds is 5. The summed E-state index contributed by atoms with van der Waals surface area (Å²) in [5.41, 5.74) is 2.74. The van der Waals surface area contributed by atoms with Gasteiger partial charge in [-0.3, -0.25) is 0 Å². The Morgan fingerprint density at radius 2 is 1.82 bits per heavy atom. The van der Waals surface area contributed by atoms with E-state index in [1.807, 2.05) is 31.2 Å². The lowest BCUT2D eigenvalue weighted by Crippen LogP contribution is -2.07. The zero-order valence-electron chi connectivity index (χ0n) is 9.98. The Kier molecular flexibility index (Phi) is 3.88. The maximum absolute atomic E-state index is 8.70. The van der Waals surface area contributed by atoms with Crippen LogP contribution in [0.25, 0.3) is 11.0 Å². The summed E-state index contributed by atoms with van der Waals surface area (Å²) < 4.78 is 0. The van der Waals surface area contributed by atoms with E-state index in [-0.39, 0.29) is 6.61 Å². The molecular weight excluding hydrogens is 214 g/mol. The molecule has 0 radical (unpaired) electrons. The molecule has 0 aliphatic heterocycles. The summed E-state index contributed by atoms with van der Waals surface area (Å²) in [7, 11) is 0. The normalized spacial score (nSPS) is 10.7. The van der Waals surface area contributed by atoms with Crippen LogP contribution in [0.2, 0.25) is 0 Å². The second-order valence-corrected chi connectivity index (χ2v) is 4.00. The summed E-state index contributed by atoms with van der Waals surface area (Å²) in [5, 5.41) is 12.0. The van der Waals surface area contributed by atoms with Crippen molar-refractivity contribution in [3.8, 4) is 0 Å². The average molecular weight is 231 g/mol. The first-order chi connectivity index (χ1) is 8.31. The molecular formula is C13H17N3O. The summed E-state index contributed by atoms with van der Waals surface area (Å²) in [6.07, 6.45) is 1.75. The Bertz CT molecular complexity index is 499. The van der Waals surface area contributed by atoms with Crippen molar-refractivity contribution < 1.29 is 5.11 Å². The van der Waals surface area contributed by atoms with E-state index < -0.39 is 0 Å². The molecule has 2 rings (SSSR count). The number of hydrogen-bond acceptors (Lipinski definition) is 4. The zero-order chi connectivity index (χ0) is 12.1. The van der Waals surface area contributed by atoms with Gasteiger partial charge in [0.15, 0.2) is 0 Å². The second kappa shape index (κ2) is 5.59. The van der Waals surface area contributed by atoms with Crippen molar-refractivity contribution in [2.45, 2.75) is 19.8 Å². The number of anilines is 1. The maximum Gasteiger partial charge on any atom is 0.148 e. The fourth-order valence-electron chi connectivity index (χ4n) is 1.70. The maximum atomic E-state index is 8.70. The lowest BCUT2D eigenvalue weighted by Gasteiger charge is -2.08. The number of nitrogens with zero attached hydrogens (tertiary/aromatic N) is 2. The molecule has 17 heavy (non-hydrogen) atoms. The van der Waals surface area contributed by atoms with Crippen LogP contribution in [-0.2, 0) is 0 Å².